The first-order chi connectivity index (χ1) is 11.7. The van der Waals surface area contributed by atoms with Gasteiger partial charge in [0.25, 0.3) is 5.91 Å². The van der Waals surface area contributed by atoms with Crippen molar-refractivity contribution < 1.29 is 9.53 Å². The first kappa shape index (κ1) is 16.1. The summed E-state index contributed by atoms with van der Waals surface area (Å²) in [5.74, 6) is -0.159. The Bertz CT molecular complexity index is 829. The third-order valence-corrected chi connectivity index (χ3v) is 3.93. The average molecular weight is 324 g/mol. The number of benzene rings is 1. The van der Waals surface area contributed by atoms with Crippen LogP contribution in [0.5, 0.6) is 0 Å². The molecule has 0 aliphatic carbocycles. The second-order valence-electron chi connectivity index (χ2n) is 5.59. The van der Waals surface area contributed by atoms with Crippen molar-refractivity contribution in [1.82, 2.24) is 20.5 Å². The molecule has 1 atom stereocenters. The first-order valence-corrected chi connectivity index (χ1v) is 7.92. The van der Waals surface area contributed by atoms with Gasteiger partial charge in [-0.15, -0.1) is 0 Å². The summed E-state index contributed by atoms with van der Waals surface area (Å²) in [5.41, 5.74) is 2.96. The van der Waals surface area contributed by atoms with Gasteiger partial charge in [-0.25, -0.2) is 4.98 Å². The third-order valence-electron chi connectivity index (χ3n) is 3.93. The lowest BCUT2D eigenvalue weighted by molar-refractivity contribution is 0.0894. The number of methoxy groups -OCH3 is 1. The largest absolute Gasteiger partial charge is 0.383 e. The molecule has 3 rings (SSSR count). The molecule has 0 saturated heterocycles. The molecule has 0 bridgehead atoms. The predicted molar refractivity (Wildman–Crippen MR) is 92.7 cm³/mol. The molecule has 0 radical (unpaired) electrons. The molecule has 1 unspecified atom stereocenters. The highest BCUT2D eigenvalue weighted by Crippen LogP contribution is 2.25. The number of carbonyl (C=O) groups excluding carboxylic acids is 1. The summed E-state index contributed by atoms with van der Waals surface area (Å²) < 4.78 is 5.12. The Kier molecular flexibility index (Phi) is 4.86. The van der Waals surface area contributed by atoms with Crippen LogP contribution in [0.4, 0.5) is 0 Å². The zero-order valence-corrected chi connectivity index (χ0v) is 13.7. The Morgan fingerprint density at radius 3 is 2.83 bits per heavy atom. The molecule has 0 saturated carbocycles. The van der Waals surface area contributed by atoms with Gasteiger partial charge in [0.1, 0.15) is 0 Å². The smallest absolute Gasteiger partial charge is 0.253 e. The fourth-order valence-electron chi connectivity index (χ4n) is 2.58. The van der Waals surface area contributed by atoms with E-state index in [-0.39, 0.29) is 11.9 Å². The second-order valence-corrected chi connectivity index (χ2v) is 5.59. The van der Waals surface area contributed by atoms with E-state index in [9.17, 15) is 4.79 Å². The minimum atomic E-state index is -0.159. The Morgan fingerprint density at radius 2 is 2.12 bits per heavy atom. The number of fused-ring (bicyclic) bond motifs is 1. The quantitative estimate of drug-likeness (QED) is 0.730. The lowest BCUT2D eigenvalue weighted by Crippen LogP contribution is -2.37. The van der Waals surface area contributed by atoms with Gasteiger partial charge in [-0.2, -0.15) is 5.10 Å². The van der Waals surface area contributed by atoms with E-state index in [4.69, 9.17) is 4.74 Å². The number of aromatic nitrogens is 3. The van der Waals surface area contributed by atoms with Crippen LogP contribution in [0.3, 0.4) is 0 Å². The summed E-state index contributed by atoms with van der Waals surface area (Å²) in [6.07, 6.45) is 2.35. The van der Waals surface area contributed by atoms with Crippen LogP contribution in [0.25, 0.3) is 22.3 Å². The van der Waals surface area contributed by atoms with E-state index >= 15 is 0 Å². The van der Waals surface area contributed by atoms with E-state index in [1.807, 2.05) is 43.3 Å². The highest BCUT2D eigenvalue weighted by Gasteiger charge is 2.15. The Hall–Kier alpha value is -2.73. The fraction of sp³-hybridized carbons (Fsp3) is 0.278. The summed E-state index contributed by atoms with van der Waals surface area (Å²) in [7, 11) is 1.63. The van der Waals surface area contributed by atoms with Gasteiger partial charge in [0, 0.05) is 24.3 Å². The standard InChI is InChI=1S/C18H20N4O2/c1-3-14(11-24-2)20-18(23)13-9-15-16(12-7-5-4-6-8-12)21-22-17(15)19-10-13/h4-10,14H,3,11H2,1-2H3,(H,20,23)(H,19,21,22). The van der Waals surface area contributed by atoms with Crippen LogP contribution in [-0.4, -0.2) is 40.8 Å². The van der Waals surface area contributed by atoms with E-state index in [0.717, 1.165) is 23.1 Å². The average Bonchev–Trinajstić information content (AvgIpc) is 3.05. The molecule has 1 amide bonds. The number of hydrogen-bond donors (Lipinski definition) is 2. The van der Waals surface area contributed by atoms with Crippen molar-refractivity contribution in [3.05, 3.63) is 48.2 Å². The second kappa shape index (κ2) is 7.23. The van der Waals surface area contributed by atoms with Gasteiger partial charge in [0.15, 0.2) is 5.65 Å². The minimum absolute atomic E-state index is 0.0175. The lowest BCUT2D eigenvalue weighted by atomic mass is 10.1. The Morgan fingerprint density at radius 1 is 1.33 bits per heavy atom. The van der Waals surface area contributed by atoms with Crippen molar-refractivity contribution in [2.75, 3.05) is 13.7 Å². The number of rotatable bonds is 6. The number of nitrogens with one attached hydrogen (secondary N) is 2. The van der Waals surface area contributed by atoms with Gasteiger partial charge in [0.2, 0.25) is 0 Å². The van der Waals surface area contributed by atoms with Crippen molar-refractivity contribution in [2.45, 2.75) is 19.4 Å². The first-order valence-electron chi connectivity index (χ1n) is 7.92. The molecule has 0 aliphatic rings. The molecule has 6 nitrogen and oxygen atoms in total. The fourth-order valence-corrected chi connectivity index (χ4v) is 2.58. The van der Waals surface area contributed by atoms with Crippen molar-refractivity contribution in [2.24, 2.45) is 0 Å². The monoisotopic (exact) mass is 324 g/mol. The summed E-state index contributed by atoms with van der Waals surface area (Å²) >= 11 is 0. The van der Waals surface area contributed by atoms with Crippen LogP contribution >= 0.6 is 0 Å². The number of nitrogens with zero attached hydrogens (tertiary/aromatic N) is 2. The Balaban J connectivity index is 1.92. The molecular formula is C18H20N4O2. The topological polar surface area (TPSA) is 79.9 Å². The number of hydrogen-bond acceptors (Lipinski definition) is 4. The van der Waals surface area contributed by atoms with Crippen LogP contribution in [0, 0.1) is 0 Å². The van der Waals surface area contributed by atoms with Crippen LogP contribution in [-0.2, 0) is 4.74 Å². The molecule has 24 heavy (non-hydrogen) atoms. The molecule has 2 N–H and O–H groups in total. The maximum Gasteiger partial charge on any atom is 0.253 e. The molecule has 2 aromatic heterocycles. The van der Waals surface area contributed by atoms with Gasteiger partial charge in [0.05, 0.1) is 23.9 Å². The molecule has 0 aliphatic heterocycles. The maximum absolute atomic E-state index is 12.5. The van der Waals surface area contributed by atoms with Crippen LogP contribution < -0.4 is 5.32 Å². The Labute approximate surface area is 140 Å². The highest BCUT2D eigenvalue weighted by atomic mass is 16.5. The number of ether oxygens (including phenoxy) is 1. The van der Waals surface area contributed by atoms with Gasteiger partial charge in [-0.3, -0.25) is 9.89 Å². The van der Waals surface area contributed by atoms with E-state index in [1.54, 1.807) is 13.3 Å². The number of amides is 1. The van der Waals surface area contributed by atoms with Crippen LogP contribution in [0.15, 0.2) is 42.6 Å². The van der Waals surface area contributed by atoms with Crippen molar-refractivity contribution in [1.29, 1.82) is 0 Å². The lowest BCUT2D eigenvalue weighted by Gasteiger charge is -2.15. The molecule has 1 aromatic carbocycles. The summed E-state index contributed by atoms with van der Waals surface area (Å²) in [6.45, 7) is 2.49. The van der Waals surface area contributed by atoms with Crippen molar-refractivity contribution >= 4 is 16.9 Å². The molecule has 6 heteroatoms. The number of H-pyrrole nitrogens is 1. The van der Waals surface area contributed by atoms with Gasteiger partial charge in [-0.05, 0) is 12.5 Å². The molecule has 0 fully saturated rings. The predicted octanol–water partition coefficient (Wildman–Crippen LogP) is 2.78. The van der Waals surface area contributed by atoms with Crippen LogP contribution in [0.1, 0.15) is 23.7 Å². The molecule has 2 heterocycles. The normalized spacial score (nSPS) is 12.2. The van der Waals surface area contributed by atoms with E-state index in [0.29, 0.717) is 17.8 Å². The molecule has 3 aromatic rings. The summed E-state index contributed by atoms with van der Waals surface area (Å²) in [4.78, 5) is 16.8. The highest BCUT2D eigenvalue weighted by molar-refractivity contribution is 6.00. The molecule has 0 spiro atoms. The van der Waals surface area contributed by atoms with Gasteiger partial charge < -0.3 is 10.1 Å². The number of carbonyl (C=O) groups is 1. The summed E-state index contributed by atoms with van der Waals surface area (Å²) in [6, 6.07) is 11.7. The zero-order chi connectivity index (χ0) is 16.9. The van der Waals surface area contributed by atoms with E-state index in [1.165, 1.54) is 0 Å². The minimum Gasteiger partial charge on any atom is -0.383 e. The number of aromatic amines is 1. The van der Waals surface area contributed by atoms with Crippen molar-refractivity contribution in [3.63, 3.8) is 0 Å². The van der Waals surface area contributed by atoms with Gasteiger partial charge in [-0.1, -0.05) is 37.3 Å². The number of pyridine rings is 1. The van der Waals surface area contributed by atoms with E-state index in [2.05, 4.69) is 20.5 Å². The van der Waals surface area contributed by atoms with Crippen LogP contribution in [0.2, 0.25) is 0 Å². The molecule has 124 valence electrons. The maximum atomic E-state index is 12.5. The van der Waals surface area contributed by atoms with Gasteiger partial charge >= 0.3 is 0 Å². The third kappa shape index (κ3) is 3.28. The van der Waals surface area contributed by atoms with Crippen molar-refractivity contribution in [3.8, 4) is 11.3 Å². The SMILES string of the molecule is CCC(COC)NC(=O)c1cnc2n[nH]c(-c3ccccc3)c2c1. The van der Waals surface area contributed by atoms with E-state index < -0.39 is 0 Å². The summed E-state index contributed by atoms with van der Waals surface area (Å²) in [5, 5.41) is 11.0. The zero-order valence-electron chi connectivity index (χ0n) is 13.7. The molecular weight excluding hydrogens is 304 g/mol.